The van der Waals surface area contributed by atoms with E-state index >= 15 is 0 Å². The summed E-state index contributed by atoms with van der Waals surface area (Å²) in [4.78, 5) is 17.6. The van der Waals surface area contributed by atoms with Crippen LogP contribution in [0.1, 0.15) is 5.69 Å². The molecule has 0 saturated heterocycles. The standard InChI is InChI=1S/C11H8F2N4O2/c1-5-10(17(18)19)9(16-11(14)15-5)6-2-7(12)4-8(13)3-6/h2-4H,1H3,(H2,14,15,16). The van der Waals surface area contributed by atoms with Crippen molar-refractivity contribution < 1.29 is 13.7 Å². The molecule has 8 heteroatoms. The molecular formula is C11H8F2N4O2. The van der Waals surface area contributed by atoms with Gasteiger partial charge in [0, 0.05) is 11.6 Å². The van der Waals surface area contributed by atoms with E-state index in [4.69, 9.17) is 5.73 Å². The second kappa shape index (κ2) is 4.56. The van der Waals surface area contributed by atoms with Crippen LogP contribution < -0.4 is 5.73 Å². The fourth-order valence-corrected chi connectivity index (χ4v) is 1.70. The number of halogens is 2. The van der Waals surface area contributed by atoms with Gasteiger partial charge in [0.1, 0.15) is 17.3 Å². The molecule has 0 radical (unpaired) electrons. The fourth-order valence-electron chi connectivity index (χ4n) is 1.70. The van der Waals surface area contributed by atoms with Gasteiger partial charge in [0.2, 0.25) is 5.95 Å². The predicted molar refractivity (Wildman–Crippen MR) is 63.2 cm³/mol. The molecule has 0 spiro atoms. The molecule has 0 aliphatic heterocycles. The van der Waals surface area contributed by atoms with Gasteiger partial charge >= 0.3 is 5.69 Å². The molecule has 98 valence electrons. The zero-order valence-electron chi connectivity index (χ0n) is 9.72. The number of aryl methyl sites for hydroxylation is 1. The van der Waals surface area contributed by atoms with E-state index in [1.165, 1.54) is 6.92 Å². The summed E-state index contributed by atoms with van der Waals surface area (Å²) in [7, 11) is 0. The van der Waals surface area contributed by atoms with Crippen LogP contribution in [-0.4, -0.2) is 14.9 Å². The van der Waals surface area contributed by atoms with E-state index in [0.29, 0.717) is 6.07 Å². The van der Waals surface area contributed by atoms with Crippen molar-refractivity contribution in [1.29, 1.82) is 0 Å². The van der Waals surface area contributed by atoms with Gasteiger partial charge in [0.25, 0.3) is 0 Å². The number of hydrogen-bond acceptors (Lipinski definition) is 5. The van der Waals surface area contributed by atoms with Crippen molar-refractivity contribution in [2.75, 3.05) is 5.73 Å². The third-order valence-corrected chi connectivity index (χ3v) is 2.39. The SMILES string of the molecule is Cc1nc(N)nc(-c2cc(F)cc(F)c2)c1[N+](=O)[O-]. The summed E-state index contributed by atoms with van der Waals surface area (Å²) in [5.74, 6) is -1.93. The third kappa shape index (κ3) is 2.46. The number of aromatic nitrogens is 2. The Labute approximate surface area is 106 Å². The molecule has 2 N–H and O–H groups in total. The van der Waals surface area contributed by atoms with Crippen LogP contribution >= 0.6 is 0 Å². The monoisotopic (exact) mass is 266 g/mol. The first-order valence-electron chi connectivity index (χ1n) is 5.13. The number of rotatable bonds is 2. The zero-order chi connectivity index (χ0) is 14.2. The molecule has 1 aromatic carbocycles. The lowest BCUT2D eigenvalue weighted by Gasteiger charge is -2.06. The van der Waals surface area contributed by atoms with Gasteiger partial charge in [0.15, 0.2) is 5.69 Å². The van der Waals surface area contributed by atoms with E-state index in [1.807, 2.05) is 0 Å². The quantitative estimate of drug-likeness (QED) is 0.664. The van der Waals surface area contributed by atoms with Crippen molar-refractivity contribution in [2.24, 2.45) is 0 Å². The first kappa shape index (κ1) is 12.8. The highest BCUT2D eigenvalue weighted by molar-refractivity contribution is 5.71. The zero-order valence-corrected chi connectivity index (χ0v) is 9.72. The molecular weight excluding hydrogens is 258 g/mol. The van der Waals surface area contributed by atoms with Crippen molar-refractivity contribution in [2.45, 2.75) is 6.92 Å². The van der Waals surface area contributed by atoms with Crippen LogP contribution in [0.25, 0.3) is 11.3 Å². The molecule has 2 rings (SSSR count). The van der Waals surface area contributed by atoms with E-state index in [9.17, 15) is 18.9 Å². The molecule has 19 heavy (non-hydrogen) atoms. The molecule has 0 bridgehead atoms. The molecule has 0 fully saturated rings. The van der Waals surface area contributed by atoms with Gasteiger partial charge in [-0.3, -0.25) is 10.1 Å². The summed E-state index contributed by atoms with van der Waals surface area (Å²) >= 11 is 0. The van der Waals surface area contributed by atoms with Crippen molar-refractivity contribution in [3.63, 3.8) is 0 Å². The maximum absolute atomic E-state index is 13.2. The predicted octanol–water partition coefficient (Wildman–Crippen LogP) is 2.22. The highest BCUT2D eigenvalue weighted by atomic mass is 19.1. The van der Waals surface area contributed by atoms with Gasteiger partial charge in [-0.2, -0.15) is 0 Å². The Morgan fingerprint density at radius 1 is 1.21 bits per heavy atom. The molecule has 0 aliphatic carbocycles. The molecule has 0 amide bonds. The van der Waals surface area contributed by atoms with Crippen LogP contribution in [0.3, 0.4) is 0 Å². The minimum Gasteiger partial charge on any atom is -0.368 e. The van der Waals surface area contributed by atoms with Gasteiger partial charge in [0.05, 0.1) is 4.92 Å². The maximum atomic E-state index is 13.2. The lowest BCUT2D eigenvalue weighted by molar-refractivity contribution is -0.385. The normalized spacial score (nSPS) is 10.5. The topological polar surface area (TPSA) is 94.9 Å². The fraction of sp³-hybridized carbons (Fsp3) is 0.0909. The smallest absolute Gasteiger partial charge is 0.316 e. The summed E-state index contributed by atoms with van der Waals surface area (Å²) in [6.45, 7) is 1.37. The van der Waals surface area contributed by atoms with Crippen LogP contribution in [0.15, 0.2) is 18.2 Å². The molecule has 0 saturated carbocycles. The summed E-state index contributed by atoms with van der Waals surface area (Å²) < 4.78 is 26.3. The number of nitrogen functional groups attached to an aromatic ring is 1. The molecule has 1 heterocycles. The minimum absolute atomic E-state index is 0.0252. The van der Waals surface area contributed by atoms with Crippen LogP contribution in [0.4, 0.5) is 20.4 Å². The Morgan fingerprint density at radius 2 is 1.79 bits per heavy atom. The third-order valence-electron chi connectivity index (χ3n) is 2.39. The van der Waals surface area contributed by atoms with Gasteiger partial charge in [-0.15, -0.1) is 0 Å². The van der Waals surface area contributed by atoms with Gasteiger partial charge in [-0.05, 0) is 19.1 Å². The first-order valence-corrected chi connectivity index (χ1v) is 5.13. The highest BCUT2D eigenvalue weighted by Crippen LogP contribution is 2.31. The molecule has 2 aromatic rings. The van der Waals surface area contributed by atoms with Gasteiger partial charge in [-0.1, -0.05) is 0 Å². The van der Waals surface area contributed by atoms with E-state index < -0.39 is 22.2 Å². The second-order valence-corrected chi connectivity index (χ2v) is 3.78. The van der Waals surface area contributed by atoms with Crippen molar-refractivity contribution in [3.05, 3.63) is 45.6 Å². The van der Waals surface area contributed by atoms with Crippen LogP contribution in [0.2, 0.25) is 0 Å². The Kier molecular flexibility index (Phi) is 3.07. The molecule has 6 nitrogen and oxygen atoms in total. The van der Waals surface area contributed by atoms with Crippen molar-refractivity contribution in [1.82, 2.24) is 9.97 Å². The summed E-state index contributed by atoms with van der Waals surface area (Å²) in [5.41, 5.74) is 4.72. The molecule has 1 aromatic heterocycles. The van der Waals surface area contributed by atoms with Crippen molar-refractivity contribution >= 4 is 11.6 Å². The number of nitrogens with two attached hydrogens (primary N) is 1. The summed E-state index contributed by atoms with van der Waals surface area (Å²) in [6.07, 6.45) is 0. The summed E-state index contributed by atoms with van der Waals surface area (Å²) in [5, 5.41) is 11.0. The number of nitrogens with zero attached hydrogens (tertiary/aromatic N) is 3. The Bertz CT molecular complexity index is 656. The van der Waals surface area contributed by atoms with Gasteiger partial charge in [-0.25, -0.2) is 18.7 Å². The molecule has 0 unspecified atom stereocenters. The Hall–Kier alpha value is -2.64. The number of anilines is 1. The number of benzene rings is 1. The maximum Gasteiger partial charge on any atom is 0.316 e. The van der Waals surface area contributed by atoms with Crippen LogP contribution in [0.5, 0.6) is 0 Å². The Morgan fingerprint density at radius 3 is 2.32 bits per heavy atom. The van der Waals surface area contributed by atoms with E-state index in [0.717, 1.165) is 12.1 Å². The molecule has 0 aliphatic rings. The highest BCUT2D eigenvalue weighted by Gasteiger charge is 2.23. The van der Waals surface area contributed by atoms with E-state index in [-0.39, 0.29) is 22.9 Å². The largest absolute Gasteiger partial charge is 0.368 e. The lowest BCUT2D eigenvalue weighted by atomic mass is 10.1. The van der Waals surface area contributed by atoms with Gasteiger partial charge < -0.3 is 5.73 Å². The Balaban J connectivity index is 2.77. The first-order chi connectivity index (χ1) is 8.88. The second-order valence-electron chi connectivity index (χ2n) is 3.78. The molecule has 0 atom stereocenters. The number of nitro groups is 1. The van der Waals surface area contributed by atoms with E-state index in [2.05, 4.69) is 9.97 Å². The minimum atomic E-state index is -0.862. The van der Waals surface area contributed by atoms with E-state index in [1.54, 1.807) is 0 Å². The van der Waals surface area contributed by atoms with Crippen molar-refractivity contribution in [3.8, 4) is 11.3 Å². The summed E-state index contributed by atoms with van der Waals surface area (Å²) in [6, 6.07) is 2.54. The average molecular weight is 266 g/mol. The lowest BCUT2D eigenvalue weighted by Crippen LogP contribution is -2.05. The van der Waals surface area contributed by atoms with Crippen LogP contribution in [-0.2, 0) is 0 Å². The average Bonchev–Trinajstić information content (AvgIpc) is 2.25. The van der Waals surface area contributed by atoms with Crippen LogP contribution in [0, 0.1) is 28.7 Å². The number of hydrogen-bond donors (Lipinski definition) is 1.